The summed E-state index contributed by atoms with van der Waals surface area (Å²) in [6.45, 7) is 6.79. The van der Waals surface area contributed by atoms with Gasteiger partial charge in [0.05, 0.1) is 5.01 Å². The highest BCUT2D eigenvalue weighted by Gasteiger charge is 2.33. The zero-order chi connectivity index (χ0) is 12.5. The van der Waals surface area contributed by atoms with Crippen LogP contribution < -0.4 is 5.73 Å². The molecule has 0 aromatic carbocycles. The first kappa shape index (κ1) is 13.0. The van der Waals surface area contributed by atoms with Crippen molar-refractivity contribution in [1.82, 2.24) is 4.98 Å². The van der Waals surface area contributed by atoms with Gasteiger partial charge in [-0.05, 0) is 38.0 Å². The molecule has 2 N–H and O–H groups in total. The van der Waals surface area contributed by atoms with E-state index in [-0.39, 0.29) is 5.54 Å². The van der Waals surface area contributed by atoms with Crippen LogP contribution >= 0.6 is 11.3 Å². The van der Waals surface area contributed by atoms with E-state index in [1.54, 1.807) is 11.3 Å². The van der Waals surface area contributed by atoms with E-state index in [2.05, 4.69) is 31.1 Å². The largest absolute Gasteiger partial charge is 0.325 e. The van der Waals surface area contributed by atoms with Gasteiger partial charge in [0.1, 0.15) is 0 Å². The highest BCUT2D eigenvalue weighted by molar-refractivity contribution is 7.09. The molecule has 1 aromatic rings. The van der Waals surface area contributed by atoms with Gasteiger partial charge in [0, 0.05) is 23.0 Å². The molecule has 1 unspecified atom stereocenters. The Balaban J connectivity index is 2.03. The molecule has 1 atom stereocenters. The van der Waals surface area contributed by atoms with Crippen molar-refractivity contribution in [1.29, 1.82) is 0 Å². The van der Waals surface area contributed by atoms with Gasteiger partial charge in [-0.3, -0.25) is 0 Å². The van der Waals surface area contributed by atoms with Crippen molar-refractivity contribution in [3.05, 3.63) is 16.1 Å². The topological polar surface area (TPSA) is 38.9 Å². The molecule has 1 aliphatic rings. The summed E-state index contributed by atoms with van der Waals surface area (Å²) in [7, 11) is 0. The number of aryl methyl sites for hydroxylation is 1. The molecule has 2 rings (SSSR count). The molecule has 0 amide bonds. The fourth-order valence-electron chi connectivity index (χ4n) is 2.72. The molecule has 1 heterocycles. The molecule has 0 radical (unpaired) electrons. The molecule has 0 aliphatic heterocycles. The van der Waals surface area contributed by atoms with Crippen LogP contribution in [-0.2, 0) is 6.42 Å². The quantitative estimate of drug-likeness (QED) is 0.815. The lowest BCUT2D eigenvalue weighted by Gasteiger charge is -2.28. The van der Waals surface area contributed by atoms with Crippen LogP contribution in [-0.4, -0.2) is 10.5 Å². The first-order chi connectivity index (χ1) is 7.89. The Labute approximate surface area is 109 Å². The van der Waals surface area contributed by atoms with Gasteiger partial charge >= 0.3 is 0 Å². The highest BCUT2D eigenvalue weighted by Crippen LogP contribution is 2.38. The second-order valence-electron chi connectivity index (χ2n) is 6.44. The van der Waals surface area contributed by atoms with E-state index in [0.29, 0.717) is 5.41 Å². The summed E-state index contributed by atoms with van der Waals surface area (Å²) in [5.41, 5.74) is 8.17. The summed E-state index contributed by atoms with van der Waals surface area (Å²) in [6, 6.07) is 0. The van der Waals surface area contributed by atoms with Crippen molar-refractivity contribution < 1.29 is 0 Å². The Morgan fingerprint density at radius 2 is 2.06 bits per heavy atom. The van der Waals surface area contributed by atoms with Crippen LogP contribution in [0.5, 0.6) is 0 Å². The van der Waals surface area contributed by atoms with Gasteiger partial charge in [-0.25, -0.2) is 4.98 Å². The Hall–Kier alpha value is -0.410. The predicted octanol–water partition coefficient (Wildman–Crippen LogP) is 3.68. The van der Waals surface area contributed by atoms with Gasteiger partial charge in [-0.15, -0.1) is 11.3 Å². The van der Waals surface area contributed by atoms with Gasteiger partial charge in [-0.2, -0.15) is 0 Å². The average molecular weight is 252 g/mol. The summed E-state index contributed by atoms with van der Waals surface area (Å²) in [6.07, 6.45) is 7.06. The SMILES string of the molecule is Cc1csc(CC2(N)CCCC(C)(C)CC2)n1. The Kier molecular flexibility index (Phi) is 3.60. The molecular formula is C14H24N2S. The van der Waals surface area contributed by atoms with Gasteiger partial charge in [0.15, 0.2) is 0 Å². The number of nitrogens with zero attached hydrogens (tertiary/aromatic N) is 1. The molecule has 0 spiro atoms. The molecule has 1 aromatic heterocycles. The minimum Gasteiger partial charge on any atom is -0.325 e. The van der Waals surface area contributed by atoms with E-state index in [4.69, 9.17) is 5.73 Å². The molecular weight excluding hydrogens is 228 g/mol. The predicted molar refractivity (Wildman–Crippen MR) is 74.3 cm³/mol. The molecule has 0 saturated heterocycles. The van der Waals surface area contributed by atoms with Gasteiger partial charge in [-0.1, -0.05) is 20.3 Å². The number of aromatic nitrogens is 1. The second kappa shape index (κ2) is 4.69. The maximum atomic E-state index is 6.59. The average Bonchev–Trinajstić information content (AvgIpc) is 2.55. The number of rotatable bonds is 2. The standard InChI is InChI=1S/C14H24N2S/c1-11-10-17-12(16-11)9-14(15)6-4-5-13(2,3)7-8-14/h10H,4-9,15H2,1-3H3. The van der Waals surface area contributed by atoms with Gasteiger partial charge < -0.3 is 5.73 Å². The smallest absolute Gasteiger partial charge is 0.0946 e. The Morgan fingerprint density at radius 3 is 2.71 bits per heavy atom. The molecule has 17 heavy (non-hydrogen) atoms. The van der Waals surface area contributed by atoms with Crippen molar-refractivity contribution >= 4 is 11.3 Å². The van der Waals surface area contributed by atoms with Crippen LogP contribution in [0.3, 0.4) is 0 Å². The first-order valence-electron chi connectivity index (χ1n) is 6.59. The van der Waals surface area contributed by atoms with Crippen molar-refractivity contribution in [2.45, 2.75) is 64.8 Å². The lowest BCUT2D eigenvalue weighted by molar-refractivity contribution is 0.297. The van der Waals surface area contributed by atoms with E-state index in [1.807, 2.05) is 0 Å². The van der Waals surface area contributed by atoms with Crippen molar-refractivity contribution in [2.24, 2.45) is 11.1 Å². The van der Waals surface area contributed by atoms with E-state index in [1.165, 1.54) is 24.3 Å². The maximum absolute atomic E-state index is 6.59. The third-order valence-corrected chi connectivity index (χ3v) is 4.96. The number of nitrogens with two attached hydrogens (primary N) is 1. The van der Waals surface area contributed by atoms with Crippen LogP contribution in [0.2, 0.25) is 0 Å². The summed E-state index contributed by atoms with van der Waals surface area (Å²) in [5, 5.41) is 3.34. The number of hydrogen-bond acceptors (Lipinski definition) is 3. The fourth-order valence-corrected chi connectivity index (χ4v) is 3.64. The highest BCUT2D eigenvalue weighted by atomic mass is 32.1. The van der Waals surface area contributed by atoms with Crippen LogP contribution in [0.25, 0.3) is 0 Å². The monoisotopic (exact) mass is 252 g/mol. The normalized spacial score (nSPS) is 28.9. The van der Waals surface area contributed by atoms with E-state index in [9.17, 15) is 0 Å². The molecule has 2 nitrogen and oxygen atoms in total. The minimum absolute atomic E-state index is 0.0158. The Bertz CT molecular complexity index is 383. The van der Waals surface area contributed by atoms with E-state index < -0.39 is 0 Å². The lowest BCUT2D eigenvalue weighted by Crippen LogP contribution is -2.41. The first-order valence-corrected chi connectivity index (χ1v) is 7.47. The number of thiazole rings is 1. The summed E-state index contributed by atoms with van der Waals surface area (Å²) in [5.74, 6) is 0. The van der Waals surface area contributed by atoms with Crippen molar-refractivity contribution in [3.63, 3.8) is 0 Å². The molecule has 96 valence electrons. The maximum Gasteiger partial charge on any atom is 0.0946 e. The van der Waals surface area contributed by atoms with Crippen LogP contribution in [0.15, 0.2) is 5.38 Å². The molecule has 1 fully saturated rings. The molecule has 0 bridgehead atoms. The van der Waals surface area contributed by atoms with E-state index in [0.717, 1.165) is 25.0 Å². The third-order valence-electron chi connectivity index (χ3n) is 4.00. The minimum atomic E-state index is -0.0158. The fraction of sp³-hybridized carbons (Fsp3) is 0.786. The summed E-state index contributed by atoms with van der Waals surface area (Å²) < 4.78 is 0. The zero-order valence-corrected chi connectivity index (χ0v) is 12.1. The van der Waals surface area contributed by atoms with Crippen LogP contribution in [0.4, 0.5) is 0 Å². The number of hydrogen-bond donors (Lipinski definition) is 1. The van der Waals surface area contributed by atoms with E-state index >= 15 is 0 Å². The Morgan fingerprint density at radius 1 is 1.29 bits per heavy atom. The summed E-state index contributed by atoms with van der Waals surface area (Å²) >= 11 is 1.76. The van der Waals surface area contributed by atoms with Crippen LogP contribution in [0, 0.1) is 12.3 Å². The summed E-state index contributed by atoms with van der Waals surface area (Å²) in [4.78, 5) is 4.56. The zero-order valence-electron chi connectivity index (χ0n) is 11.3. The second-order valence-corrected chi connectivity index (χ2v) is 7.38. The van der Waals surface area contributed by atoms with Crippen LogP contribution in [0.1, 0.15) is 56.7 Å². The third kappa shape index (κ3) is 3.52. The lowest BCUT2D eigenvalue weighted by atomic mass is 9.83. The van der Waals surface area contributed by atoms with Crippen molar-refractivity contribution in [3.8, 4) is 0 Å². The molecule has 3 heteroatoms. The van der Waals surface area contributed by atoms with Gasteiger partial charge in [0.25, 0.3) is 0 Å². The molecule has 1 aliphatic carbocycles. The van der Waals surface area contributed by atoms with Gasteiger partial charge in [0.2, 0.25) is 0 Å². The van der Waals surface area contributed by atoms with Crippen molar-refractivity contribution in [2.75, 3.05) is 0 Å². The molecule has 1 saturated carbocycles.